The third-order valence-corrected chi connectivity index (χ3v) is 5.90. The summed E-state index contributed by atoms with van der Waals surface area (Å²) in [7, 11) is 1.83. The fourth-order valence-corrected chi connectivity index (χ4v) is 3.03. The standard InChI is InChI=1S/C19H32N4S/c1-15(22-18(20-4)21-14-19(2,3)24-5)16-9-8-10-17(13-16)23-11-6-7-12-23/h8-10,13,15H,6-7,11-12,14H2,1-5H3,(H2,20,21,22). The molecular formula is C19H32N4S. The van der Waals surface area contributed by atoms with E-state index in [0.29, 0.717) is 0 Å². The Bertz CT molecular complexity index is 550. The highest BCUT2D eigenvalue weighted by Crippen LogP contribution is 2.24. The van der Waals surface area contributed by atoms with Crippen molar-refractivity contribution >= 4 is 23.4 Å². The Morgan fingerprint density at radius 2 is 2.04 bits per heavy atom. The lowest BCUT2D eigenvalue weighted by atomic mass is 10.1. The van der Waals surface area contributed by atoms with E-state index in [-0.39, 0.29) is 10.8 Å². The molecule has 2 rings (SSSR count). The van der Waals surface area contributed by atoms with E-state index in [4.69, 9.17) is 0 Å². The summed E-state index contributed by atoms with van der Waals surface area (Å²) in [5, 5.41) is 6.95. The Morgan fingerprint density at radius 1 is 1.33 bits per heavy atom. The maximum atomic E-state index is 4.37. The summed E-state index contributed by atoms with van der Waals surface area (Å²) in [4.78, 5) is 6.84. The molecule has 1 aliphatic heterocycles. The van der Waals surface area contributed by atoms with Gasteiger partial charge in [-0.1, -0.05) is 12.1 Å². The summed E-state index contributed by atoms with van der Waals surface area (Å²) in [6.07, 6.45) is 4.75. The first kappa shape index (κ1) is 19.0. The van der Waals surface area contributed by atoms with Crippen LogP contribution in [0.1, 0.15) is 45.2 Å². The third kappa shape index (κ3) is 5.33. The molecule has 1 heterocycles. The number of guanidine groups is 1. The molecule has 1 fully saturated rings. The lowest BCUT2D eigenvalue weighted by Crippen LogP contribution is -2.44. The lowest BCUT2D eigenvalue weighted by Gasteiger charge is -2.26. The molecule has 1 aromatic rings. The van der Waals surface area contributed by atoms with Crippen molar-refractivity contribution in [1.82, 2.24) is 10.6 Å². The van der Waals surface area contributed by atoms with Gasteiger partial charge in [-0.15, -0.1) is 0 Å². The van der Waals surface area contributed by atoms with E-state index in [1.807, 2.05) is 18.8 Å². The van der Waals surface area contributed by atoms with Crippen LogP contribution in [0.15, 0.2) is 29.3 Å². The van der Waals surface area contributed by atoms with Crippen molar-refractivity contribution in [2.45, 2.75) is 44.4 Å². The Balaban J connectivity index is 1.97. The van der Waals surface area contributed by atoms with Gasteiger partial charge in [-0.2, -0.15) is 11.8 Å². The van der Waals surface area contributed by atoms with E-state index >= 15 is 0 Å². The number of rotatable bonds is 6. The van der Waals surface area contributed by atoms with Crippen LogP contribution in [0.4, 0.5) is 5.69 Å². The zero-order valence-electron chi connectivity index (χ0n) is 15.7. The van der Waals surface area contributed by atoms with Crippen molar-refractivity contribution in [3.8, 4) is 0 Å². The predicted octanol–water partition coefficient (Wildman–Crippen LogP) is 3.65. The van der Waals surface area contributed by atoms with Crippen LogP contribution < -0.4 is 15.5 Å². The smallest absolute Gasteiger partial charge is 0.191 e. The molecule has 0 aliphatic carbocycles. The molecular weight excluding hydrogens is 316 g/mol. The van der Waals surface area contributed by atoms with Crippen LogP contribution in [0.25, 0.3) is 0 Å². The van der Waals surface area contributed by atoms with E-state index < -0.39 is 0 Å². The second-order valence-corrected chi connectivity index (χ2v) is 8.56. The Hall–Kier alpha value is -1.36. The summed E-state index contributed by atoms with van der Waals surface area (Å²) in [6.45, 7) is 9.91. The van der Waals surface area contributed by atoms with Gasteiger partial charge in [-0.3, -0.25) is 4.99 Å². The van der Waals surface area contributed by atoms with Crippen molar-refractivity contribution in [1.29, 1.82) is 0 Å². The van der Waals surface area contributed by atoms with Gasteiger partial charge in [0.15, 0.2) is 5.96 Å². The molecule has 1 unspecified atom stereocenters. The van der Waals surface area contributed by atoms with Crippen LogP contribution in [-0.2, 0) is 0 Å². The summed E-state index contributed by atoms with van der Waals surface area (Å²) in [5.74, 6) is 0.858. The molecule has 4 nitrogen and oxygen atoms in total. The molecule has 0 amide bonds. The number of aliphatic imine (C=N–C) groups is 1. The molecule has 0 spiro atoms. The molecule has 0 saturated carbocycles. The van der Waals surface area contributed by atoms with Crippen LogP contribution in [0, 0.1) is 0 Å². The van der Waals surface area contributed by atoms with Crippen molar-refractivity contribution in [3.63, 3.8) is 0 Å². The zero-order valence-corrected chi connectivity index (χ0v) is 16.5. The lowest BCUT2D eigenvalue weighted by molar-refractivity contribution is 0.639. The number of hydrogen-bond acceptors (Lipinski definition) is 3. The summed E-state index contributed by atoms with van der Waals surface area (Å²) >= 11 is 1.86. The number of thioether (sulfide) groups is 1. The van der Waals surface area contributed by atoms with Gasteiger partial charge in [0, 0.05) is 37.1 Å². The third-order valence-electron chi connectivity index (χ3n) is 4.65. The average Bonchev–Trinajstić information content (AvgIpc) is 3.13. The van der Waals surface area contributed by atoms with Gasteiger partial charge >= 0.3 is 0 Å². The molecule has 0 aromatic heterocycles. The van der Waals surface area contributed by atoms with Crippen molar-refractivity contribution in [2.24, 2.45) is 4.99 Å². The minimum Gasteiger partial charge on any atom is -0.372 e. The molecule has 24 heavy (non-hydrogen) atoms. The molecule has 2 N–H and O–H groups in total. The fourth-order valence-electron chi connectivity index (χ4n) is 2.82. The van der Waals surface area contributed by atoms with Crippen LogP contribution in [0.5, 0.6) is 0 Å². The van der Waals surface area contributed by atoms with Crippen molar-refractivity contribution < 1.29 is 0 Å². The van der Waals surface area contributed by atoms with Crippen LogP contribution in [-0.4, -0.2) is 43.6 Å². The summed E-state index contributed by atoms with van der Waals surface area (Å²) < 4.78 is 0.191. The number of nitrogens with one attached hydrogen (secondary N) is 2. The SMILES string of the molecule is CN=C(NCC(C)(C)SC)NC(C)c1cccc(N2CCCC2)c1. The van der Waals surface area contributed by atoms with Gasteiger partial charge in [-0.05, 0) is 57.6 Å². The molecule has 0 radical (unpaired) electrons. The highest BCUT2D eigenvalue weighted by atomic mass is 32.2. The Kier molecular flexibility index (Phi) is 6.84. The Labute approximate surface area is 151 Å². The number of anilines is 1. The van der Waals surface area contributed by atoms with Crippen LogP contribution >= 0.6 is 11.8 Å². The van der Waals surface area contributed by atoms with Gasteiger partial charge in [0.2, 0.25) is 0 Å². The molecule has 1 atom stereocenters. The predicted molar refractivity (Wildman–Crippen MR) is 108 cm³/mol. The zero-order chi connectivity index (χ0) is 17.6. The first-order chi connectivity index (χ1) is 11.4. The molecule has 1 saturated heterocycles. The van der Waals surface area contributed by atoms with Gasteiger partial charge in [0.25, 0.3) is 0 Å². The van der Waals surface area contributed by atoms with E-state index in [2.05, 4.69) is 71.8 Å². The topological polar surface area (TPSA) is 39.7 Å². The maximum Gasteiger partial charge on any atom is 0.191 e. The summed E-state index contributed by atoms with van der Waals surface area (Å²) in [6, 6.07) is 9.10. The van der Waals surface area contributed by atoms with Gasteiger partial charge in [-0.25, -0.2) is 0 Å². The highest BCUT2D eigenvalue weighted by Gasteiger charge is 2.18. The number of benzene rings is 1. The summed E-state index contributed by atoms with van der Waals surface area (Å²) in [5.41, 5.74) is 2.64. The first-order valence-electron chi connectivity index (χ1n) is 8.82. The Morgan fingerprint density at radius 3 is 2.67 bits per heavy atom. The molecule has 0 bridgehead atoms. The average molecular weight is 349 g/mol. The minimum atomic E-state index is 0.191. The van der Waals surface area contributed by atoms with Crippen LogP contribution in [0.3, 0.4) is 0 Å². The molecule has 1 aromatic carbocycles. The second-order valence-electron chi connectivity index (χ2n) is 7.04. The number of hydrogen-bond donors (Lipinski definition) is 2. The number of nitrogens with zero attached hydrogens (tertiary/aromatic N) is 2. The second kappa shape index (κ2) is 8.65. The quantitative estimate of drug-likeness (QED) is 0.608. The highest BCUT2D eigenvalue weighted by molar-refractivity contribution is 7.99. The van der Waals surface area contributed by atoms with Gasteiger partial charge in [0.05, 0.1) is 6.04 Å². The molecule has 5 heteroatoms. The maximum absolute atomic E-state index is 4.37. The van der Waals surface area contributed by atoms with E-state index in [9.17, 15) is 0 Å². The van der Waals surface area contributed by atoms with E-state index in [0.717, 1.165) is 12.5 Å². The monoisotopic (exact) mass is 348 g/mol. The van der Waals surface area contributed by atoms with Crippen LogP contribution in [0.2, 0.25) is 0 Å². The van der Waals surface area contributed by atoms with Crippen molar-refractivity contribution in [2.75, 3.05) is 37.8 Å². The normalized spacial score (nSPS) is 17.0. The van der Waals surface area contributed by atoms with Gasteiger partial charge < -0.3 is 15.5 Å². The van der Waals surface area contributed by atoms with Crippen molar-refractivity contribution in [3.05, 3.63) is 29.8 Å². The first-order valence-corrected chi connectivity index (χ1v) is 10.0. The van der Waals surface area contributed by atoms with E-state index in [1.165, 1.54) is 37.2 Å². The van der Waals surface area contributed by atoms with E-state index in [1.54, 1.807) is 0 Å². The molecule has 1 aliphatic rings. The fraction of sp³-hybridized carbons (Fsp3) is 0.632. The molecule has 134 valence electrons. The minimum absolute atomic E-state index is 0.191. The largest absolute Gasteiger partial charge is 0.372 e. The van der Waals surface area contributed by atoms with Gasteiger partial charge in [0.1, 0.15) is 0 Å².